The summed E-state index contributed by atoms with van der Waals surface area (Å²) in [4.78, 5) is 0. The van der Waals surface area contributed by atoms with E-state index in [-0.39, 0.29) is 0 Å². The van der Waals surface area contributed by atoms with Crippen molar-refractivity contribution >= 4 is 16.6 Å². The highest BCUT2D eigenvalue weighted by atomic mass is 16.3. The van der Waals surface area contributed by atoms with Crippen LogP contribution < -0.4 is 5.32 Å². The number of anilines is 1. The molecule has 0 aliphatic carbocycles. The van der Waals surface area contributed by atoms with Crippen LogP contribution in [0.15, 0.2) is 42.5 Å². The Kier molecular flexibility index (Phi) is 4.63. The number of hydrogen-bond donors (Lipinski definition) is 2. The van der Waals surface area contributed by atoms with E-state index in [1.807, 2.05) is 6.07 Å². The molecule has 0 aliphatic rings. The number of rotatable bonds is 5. The highest BCUT2D eigenvalue weighted by molar-refractivity contribution is 5.85. The Morgan fingerprint density at radius 3 is 2.50 bits per heavy atom. The van der Waals surface area contributed by atoms with Gasteiger partial charge in [0.15, 0.2) is 0 Å². The van der Waals surface area contributed by atoms with Crippen molar-refractivity contribution in [2.24, 2.45) is 0 Å². The molecule has 0 spiro atoms. The average Bonchev–Trinajstić information content (AvgIpc) is 2.82. The summed E-state index contributed by atoms with van der Waals surface area (Å²) in [7, 11) is 0. The van der Waals surface area contributed by atoms with E-state index < -0.39 is 6.10 Å². The van der Waals surface area contributed by atoms with Crippen molar-refractivity contribution in [3.63, 3.8) is 0 Å². The van der Waals surface area contributed by atoms with Gasteiger partial charge < -0.3 is 15.0 Å². The lowest BCUT2D eigenvalue weighted by Crippen LogP contribution is -2.25. The standard InChI is InChI=1S/C21H26N2O/c1-14-8-7-10-20(15(14)2)22-12-18(24)13-23-17(4)16(3)19-9-5-6-11-21(19)23/h5-11,18,22,24H,12-13H2,1-4H3. The number of aromatic nitrogens is 1. The molecule has 0 saturated heterocycles. The number of para-hydroxylation sites is 1. The molecular formula is C21H26N2O. The van der Waals surface area contributed by atoms with Gasteiger partial charge in [0.2, 0.25) is 0 Å². The van der Waals surface area contributed by atoms with Crippen molar-refractivity contribution < 1.29 is 5.11 Å². The van der Waals surface area contributed by atoms with Gasteiger partial charge in [-0.1, -0.05) is 30.3 Å². The lowest BCUT2D eigenvalue weighted by molar-refractivity contribution is 0.167. The van der Waals surface area contributed by atoms with Crippen LogP contribution in [-0.4, -0.2) is 22.3 Å². The second kappa shape index (κ2) is 6.70. The Hall–Kier alpha value is -2.26. The third-order valence-electron chi connectivity index (χ3n) is 5.07. The minimum absolute atomic E-state index is 0.446. The molecule has 0 saturated carbocycles. The van der Waals surface area contributed by atoms with E-state index in [9.17, 15) is 5.11 Å². The van der Waals surface area contributed by atoms with Crippen molar-refractivity contribution in [1.29, 1.82) is 0 Å². The molecule has 126 valence electrons. The molecule has 1 heterocycles. The molecule has 1 aromatic heterocycles. The molecule has 3 aromatic rings. The SMILES string of the molecule is Cc1cccc(NCC(O)Cn2c(C)c(C)c3ccccc32)c1C. The van der Waals surface area contributed by atoms with Crippen molar-refractivity contribution in [3.8, 4) is 0 Å². The van der Waals surface area contributed by atoms with Gasteiger partial charge in [-0.3, -0.25) is 0 Å². The summed E-state index contributed by atoms with van der Waals surface area (Å²) in [6.45, 7) is 9.62. The normalized spacial score (nSPS) is 12.5. The van der Waals surface area contributed by atoms with Crippen LogP contribution in [0, 0.1) is 27.7 Å². The van der Waals surface area contributed by atoms with Crippen LogP contribution >= 0.6 is 0 Å². The number of aryl methyl sites for hydroxylation is 2. The maximum atomic E-state index is 10.5. The number of benzene rings is 2. The largest absolute Gasteiger partial charge is 0.389 e. The smallest absolute Gasteiger partial charge is 0.0891 e. The summed E-state index contributed by atoms with van der Waals surface area (Å²) in [6, 6.07) is 14.6. The molecule has 2 N–H and O–H groups in total. The van der Waals surface area contributed by atoms with Crippen LogP contribution in [0.5, 0.6) is 0 Å². The lowest BCUT2D eigenvalue weighted by atomic mass is 10.1. The van der Waals surface area contributed by atoms with E-state index in [0.29, 0.717) is 13.1 Å². The first-order valence-corrected chi connectivity index (χ1v) is 8.51. The van der Waals surface area contributed by atoms with E-state index in [2.05, 4.69) is 74.0 Å². The van der Waals surface area contributed by atoms with Crippen molar-refractivity contribution in [2.75, 3.05) is 11.9 Å². The molecule has 0 radical (unpaired) electrons. The first-order valence-electron chi connectivity index (χ1n) is 8.51. The van der Waals surface area contributed by atoms with Gasteiger partial charge >= 0.3 is 0 Å². The zero-order valence-corrected chi connectivity index (χ0v) is 14.9. The Bertz CT molecular complexity index is 864. The van der Waals surface area contributed by atoms with E-state index >= 15 is 0 Å². The van der Waals surface area contributed by atoms with Gasteiger partial charge in [-0.25, -0.2) is 0 Å². The highest BCUT2D eigenvalue weighted by Crippen LogP contribution is 2.25. The molecule has 0 amide bonds. The molecule has 1 unspecified atom stereocenters. The van der Waals surface area contributed by atoms with E-state index in [4.69, 9.17) is 0 Å². The summed E-state index contributed by atoms with van der Waals surface area (Å²) in [6.07, 6.45) is -0.446. The molecule has 0 fully saturated rings. The first kappa shape index (κ1) is 16.6. The second-order valence-electron chi connectivity index (χ2n) is 6.62. The van der Waals surface area contributed by atoms with Crippen LogP contribution in [0.2, 0.25) is 0 Å². The van der Waals surface area contributed by atoms with Crippen LogP contribution in [-0.2, 0) is 6.54 Å². The Morgan fingerprint density at radius 2 is 1.71 bits per heavy atom. The van der Waals surface area contributed by atoms with Crippen molar-refractivity contribution in [3.05, 3.63) is 64.8 Å². The quantitative estimate of drug-likeness (QED) is 0.733. The van der Waals surface area contributed by atoms with Crippen molar-refractivity contribution in [1.82, 2.24) is 4.57 Å². The minimum atomic E-state index is -0.446. The molecule has 0 aliphatic heterocycles. The number of aliphatic hydroxyl groups is 1. The molecule has 3 nitrogen and oxygen atoms in total. The first-order chi connectivity index (χ1) is 11.5. The van der Waals surface area contributed by atoms with Gasteiger partial charge in [-0.05, 0) is 56.5 Å². The van der Waals surface area contributed by atoms with Gasteiger partial charge in [0, 0.05) is 28.8 Å². The minimum Gasteiger partial charge on any atom is -0.389 e. The fourth-order valence-electron chi connectivity index (χ4n) is 3.29. The number of aliphatic hydroxyl groups excluding tert-OH is 1. The Morgan fingerprint density at radius 1 is 0.958 bits per heavy atom. The molecule has 3 heteroatoms. The van der Waals surface area contributed by atoms with Gasteiger partial charge in [0.05, 0.1) is 12.6 Å². The van der Waals surface area contributed by atoms with Crippen LogP contribution in [0.25, 0.3) is 10.9 Å². The molecule has 1 atom stereocenters. The third kappa shape index (κ3) is 3.04. The molecule has 0 bridgehead atoms. The fourth-order valence-corrected chi connectivity index (χ4v) is 3.29. The predicted octanol–water partition coefficient (Wildman–Crippen LogP) is 4.35. The summed E-state index contributed by atoms with van der Waals surface area (Å²) in [5.74, 6) is 0. The Labute approximate surface area is 143 Å². The third-order valence-corrected chi connectivity index (χ3v) is 5.07. The maximum Gasteiger partial charge on any atom is 0.0891 e. The van der Waals surface area contributed by atoms with Gasteiger partial charge in [-0.2, -0.15) is 0 Å². The topological polar surface area (TPSA) is 37.2 Å². The van der Waals surface area contributed by atoms with E-state index in [1.54, 1.807) is 0 Å². The van der Waals surface area contributed by atoms with Gasteiger partial charge in [-0.15, -0.1) is 0 Å². The Balaban J connectivity index is 1.75. The van der Waals surface area contributed by atoms with Crippen LogP contribution in [0.1, 0.15) is 22.4 Å². The number of nitrogens with zero attached hydrogens (tertiary/aromatic N) is 1. The fraction of sp³-hybridized carbons (Fsp3) is 0.333. The van der Waals surface area contributed by atoms with Crippen LogP contribution in [0.4, 0.5) is 5.69 Å². The number of hydrogen-bond acceptors (Lipinski definition) is 2. The van der Waals surface area contributed by atoms with E-state index in [1.165, 1.54) is 33.3 Å². The maximum absolute atomic E-state index is 10.5. The summed E-state index contributed by atoms with van der Waals surface area (Å²) >= 11 is 0. The monoisotopic (exact) mass is 322 g/mol. The molecule has 24 heavy (non-hydrogen) atoms. The molecular weight excluding hydrogens is 296 g/mol. The average molecular weight is 322 g/mol. The van der Waals surface area contributed by atoms with Crippen LogP contribution in [0.3, 0.4) is 0 Å². The highest BCUT2D eigenvalue weighted by Gasteiger charge is 2.14. The summed E-state index contributed by atoms with van der Waals surface area (Å²) in [5, 5.41) is 15.2. The molecule has 2 aromatic carbocycles. The van der Waals surface area contributed by atoms with Crippen molar-refractivity contribution in [2.45, 2.75) is 40.3 Å². The van der Waals surface area contributed by atoms with E-state index in [0.717, 1.165) is 5.69 Å². The lowest BCUT2D eigenvalue weighted by Gasteiger charge is -2.17. The summed E-state index contributed by atoms with van der Waals surface area (Å²) < 4.78 is 2.22. The zero-order valence-electron chi connectivity index (χ0n) is 14.9. The number of nitrogens with one attached hydrogen (secondary N) is 1. The molecule has 3 rings (SSSR count). The number of fused-ring (bicyclic) bond motifs is 1. The zero-order chi connectivity index (χ0) is 17.3. The predicted molar refractivity (Wildman–Crippen MR) is 102 cm³/mol. The summed E-state index contributed by atoms with van der Waals surface area (Å²) in [5.41, 5.74) is 7.31. The van der Waals surface area contributed by atoms with Gasteiger partial charge in [0.1, 0.15) is 0 Å². The second-order valence-corrected chi connectivity index (χ2v) is 6.62. The van der Waals surface area contributed by atoms with Gasteiger partial charge in [0.25, 0.3) is 0 Å².